The molecule has 0 aliphatic carbocycles. The van der Waals surface area contributed by atoms with Gasteiger partial charge in [-0.25, -0.2) is 9.59 Å². The van der Waals surface area contributed by atoms with Crippen molar-refractivity contribution in [3.63, 3.8) is 0 Å². The van der Waals surface area contributed by atoms with E-state index in [-0.39, 0.29) is 17.2 Å². The minimum atomic E-state index is -0.632. The molecular weight excluding hydrogens is 340 g/mol. The Morgan fingerprint density at radius 3 is 2.08 bits per heavy atom. The highest BCUT2D eigenvalue weighted by Gasteiger charge is 2.28. The van der Waals surface area contributed by atoms with Gasteiger partial charge in [0.1, 0.15) is 11.7 Å². The quantitative estimate of drug-likeness (QED) is 0.467. The molecule has 1 aromatic rings. The van der Waals surface area contributed by atoms with Crippen LogP contribution in [-0.4, -0.2) is 34.7 Å². The molecule has 8 nitrogen and oxygen atoms in total. The lowest BCUT2D eigenvalue weighted by atomic mass is 10.0. The summed E-state index contributed by atoms with van der Waals surface area (Å²) in [5.41, 5.74) is -0.542. The molecule has 0 saturated heterocycles. The standard InChI is InChI=1S/C18H26N2O6/c1-11(2)15(12(3)19-17(22)26-18(4,5)6)25-16(21)13-7-9-14(10-8-13)20(23)24/h7-12,15H,1-6H3,(H,19,22)/t12-,15-/m0/s1. The first-order valence-corrected chi connectivity index (χ1v) is 8.35. The van der Waals surface area contributed by atoms with Gasteiger partial charge >= 0.3 is 12.1 Å². The molecule has 0 aliphatic rings. The van der Waals surface area contributed by atoms with Crippen LogP contribution in [0.1, 0.15) is 51.9 Å². The maximum atomic E-state index is 12.3. The number of nitro benzene ring substituents is 1. The Hall–Kier alpha value is -2.64. The van der Waals surface area contributed by atoms with Gasteiger partial charge in [-0.2, -0.15) is 0 Å². The molecule has 1 rings (SSSR count). The second-order valence-corrected chi connectivity index (χ2v) is 7.35. The van der Waals surface area contributed by atoms with Crippen LogP contribution >= 0.6 is 0 Å². The average molecular weight is 366 g/mol. The Morgan fingerprint density at radius 1 is 1.12 bits per heavy atom. The third-order valence-electron chi connectivity index (χ3n) is 3.45. The summed E-state index contributed by atoms with van der Waals surface area (Å²) in [7, 11) is 0. The fraction of sp³-hybridized carbons (Fsp3) is 0.556. The first-order chi connectivity index (χ1) is 11.9. The molecule has 0 aromatic heterocycles. The molecule has 2 atom stereocenters. The Morgan fingerprint density at radius 2 is 1.65 bits per heavy atom. The van der Waals surface area contributed by atoms with Gasteiger partial charge in [-0.1, -0.05) is 13.8 Å². The van der Waals surface area contributed by atoms with Crippen molar-refractivity contribution in [2.24, 2.45) is 5.92 Å². The van der Waals surface area contributed by atoms with Gasteiger partial charge in [-0.15, -0.1) is 0 Å². The van der Waals surface area contributed by atoms with Crippen molar-refractivity contribution in [1.29, 1.82) is 0 Å². The van der Waals surface area contributed by atoms with Crippen molar-refractivity contribution in [3.8, 4) is 0 Å². The van der Waals surface area contributed by atoms with Crippen molar-refractivity contribution in [2.45, 2.75) is 59.3 Å². The summed E-state index contributed by atoms with van der Waals surface area (Å²) in [5, 5.41) is 13.3. The number of rotatable bonds is 6. The van der Waals surface area contributed by atoms with E-state index < -0.39 is 34.7 Å². The molecule has 26 heavy (non-hydrogen) atoms. The van der Waals surface area contributed by atoms with Gasteiger partial charge in [0, 0.05) is 12.1 Å². The zero-order valence-electron chi connectivity index (χ0n) is 15.9. The molecule has 1 amide bonds. The Bertz CT molecular complexity index is 649. The normalized spacial score (nSPS) is 13.7. The summed E-state index contributed by atoms with van der Waals surface area (Å²) in [4.78, 5) is 34.4. The van der Waals surface area contributed by atoms with Crippen LogP contribution in [0.15, 0.2) is 24.3 Å². The summed E-state index contributed by atoms with van der Waals surface area (Å²) in [5.74, 6) is -0.682. The first-order valence-electron chi connectivity index (χ1n) is 8.35. The van der Waals surface area contributed by atoms with Crippen LogP contribution < -0.4 is 5.32 Å². The van der Waals surface area contributed by atoms with Gasteiger partial charge in [0.25, 0.3) is 5.69 Å². The summed E-state index contributed by atoms with van der Waals surface area (Å²) in [6, 6.07) is 4.67. The molecule has 0 bridgehead atoms. The van der Waals surface area contributed by atoms with Gasteiger partial charge in [0.05, 0.1) is 16.5 Å². The SMILES string of the molecule is CC(C)[C@H](OC(=O)c1ccc([N+](=O)[O-])cc1)[C@H](C)NC(=O)OC(C)(C)C. The number of nitrogens with one attached hydrogen (secondary N) is 1. The van der Waals surface area contributed by atoms with E-state index in [0.29, 0.717) is 0 Å². The number of benzene rings is 1. The molecule has 8 heteroatoms. The number of nitrogens with zero attached hydrogens (tertiary/aromatic N) is 1. The monoisotopic (exact) mass is 366 g/mol. The van der Waals surface area contributed by atoms with Crippen LogP contribution in [-0.2, 0) is 9.47 Å². The fourth-order valence-corrected chi connectivity index (χ4v) is 2.30. The fourth-order valence-electron chi connectivity index (χ4n) is 2.30. The van der Waals surface area contributed by atoms with E-state index in [0.717, 1.165) is 0 Å². The van der Waals surface area contributed by atoms with Crippen LogP contribution in [0.2, 0.25) is 0 Å². The number of ether oxygens (including phenoxy) is 2. The van der Waals surface area contributed by atoms with E-state index >= 15 is 0 Å². The molecule has 0 unspecified atom stereocenters. The number of carbonyl (C=O) groups is 2. The number of non-ortho nitro benzene ring substituents is 1. The van der Waals surface area contributed by atoms with Crippen molar-refractivity contribution >= 4 is 17.7 Å². The van der Waals surface area contributed by atoms with Crippen LogP contribution in [0.25, 0.3) is 0 Å². The highest BCUT2D eigenvalue weighted by atomic mass is 16.6. The maximum Gasteiger partial charge on any atom is 0.407 e. The van der Waals surface area contributed by atoms with E-state index in [1.807, 2.05) is 13.8 Å². The van der Waals surface area contributed by atoms with Gasteiger partial charge in [-0.3, -0.25) is 10.1 Å². The topological polar surface area (TPSA) is 108 Å². The molecule has 1 aromatic carbocycles. The summed E-state index contributed by atoms with van der Waals surface area (Å²) < 4.78 is 10.7. The van der Waals surface area contributed by atoms with E-state index in [9.17, 15) is 19.7 Å². The second-order valence-electron chi connectivity index (χ2n) is 7.35. The molecule has 0 spiro atoms. The number of amides is 1. The number of alkyl carbamates (subject to hydrolysis) is 1. The van der Waals surface area contributed by atoms with E-state index in [1.54, 1.807) is 27.7 Å². The average Bonchev–Trinajstić information content (AvgIpc) is 2.49. The lowest BCUT2D eigenvalue weighted by Gasteiger charge is -2.29. The molecule has 0 fully saturated rings. The lowest BCUT2D eigenvalue weighted by Crippen LogP contribution is -2.47. The summed E-state index contributed by atoms with van der Waals surface area (Å²) in [6.45, 7) is 10.7. The highest BCUT2D eigenvalue weighted by molar-refractivity contribution is 5.89. The first kappa shape index (κ1) is 21.4. The van der Waals surface area contributed by atoms with E-state index in [1.165, 1.54) is 24.3 Å². The number of esters is 1. The zero-order chi connectivity index (χ0) is 20.1. The van der Waals surface area contributed by atoms with Crippen molar-refractivity contribution in [2.75, 3.05) is 0 Å². The number of hydrogen-bond donors (Lipinski definition) is 1. The molecule has 0 heterocycles. The third-order valence-corrected chi connectivity index (χ3v) is 3.45. The molecule has 0 radical (unpaired) electrons. The summed E-state index contributed by atoms with van der Waals surface area (Å²) in [6.07, 6.45) is -1.19. The van der Waals surface area contributed by atoms with Crippen molar-refractivity contribution in [1.82, 2.24) is 5.32 Å². The number of nitro groups is 1. The Balaban J connectivity index is 2.79. The third kappa shape index (κ3) is 6.70. The van der Waals surface area contributed by atoms with E-state index in [4.69, 9.17) is 9.47 Å². The van der Waals surface area contributed by atoms with Gasteiger partial charge < -0.3 is 14.8 Å². The summed E-state index contributed by atoms with van der Waals surface area (Å²) >= 11 is 0. The zero-order valence-corrected chi connectivity index (χ0v) is 15.9. The maximum absolute atomic E-state index is 12.3. The smallest absolute Gasteiger partial charge is 0.407 e. The second kappa shape index (κ2) is 8.64. The van der Waals surface area contributed by atoms with E-state index in [2.05, 4.69) is 5.32 Å². The van der Waals surface area contributed by atoms with Crippen LogP contribution in [0.3, 0.4) is 0 Å². The van der Waals surface area contributed by atoms with Crippen molar-refractivity contribution < 1.29 is 24.0 Å². The van der Waals surface area contributed by atoms with Gasteiger partial charge in [0.2, 0.25) is 0 Å². The van der Waals surface area contributed by atoms with Gasteiger partial charge in [-0.05, 0) is 45.7 Å². The van der Waals surface area contributed by atoms with Gasteiger partial charge in [0.15, 0.2) is 0 Å². The Labute approximate surface area is 153 Å². The predicted molar refractivity (Wildman–Crippen MR) is 96.0 cm³/mol. The molecule has 144 valence electrons. The largest absolute Gasteiger partial charge is 0.456 e. The van der Waals surface area contributed by atoms with Crippen LogP contribution in [0, 0.1) is 16.0 Å². The Kier molecular flexibility index (Phi) is 7.11. The minimum absolute atomic E-state index is 0.0677. The molecular formula is C18H26N2O6. The molecule has 0 aliphatic heterocycles. The number of carbonyl (C=O) groups excluding carboxylic acids is 2. The lowest BCUT2D eigenvalue weighted by molar-refractivity contribution is -0.384. The van der Waals surface area contributed by atoms with Crippen LogP contribution in [0.5, 0.6) is 0 Å². The molecule has 0 saturated carbocycles. The highest BCUT2D eigenvalue weighted by Crippen LogP contribution is 2.17. The number of hydrogen-bond acceptors (Lipinski definition) is 6. The van der Waals surface area contributed by atoms with Crippen molar-refractivity contribution in [3.05, 3.63) is 39.9 Å². The van der Waals surface area contributed by atoms with Crippen LogP contribution in [0.4, 0.5) is 10.5 Å². The molecule has 1 N–H and O–H groups in total. The minimum Gasteiger partial charge on any atom is -0.456 e. The predicted octanol–water partition coefficient (Wildman–Crippen LogP) is 3.69.